The first-order valence-corrected chi connectivity index (χ1v) is 8.66. The molecule has 1 aromatic carbocycles. The summed E-state index contributed by atoms with van der Waals surface area (Å²) in [5, 5.41) is 7.69. The lowest BCUT2D eigenvalue weighted by molar-refractivity contribution is 0.179. The number of rotatable bonds is 6. The van der Waals surface area contributed by atoms with Crippen molar-refractivity contribution in [1.82, 2.24) is 20.4 Å². The van der Waals surface area contributed by atoms with Gasteiger partial charge in [0.2, 0.25) is 5.89 Å². The normalized spacial score (nSPS) is 19.6. The number of piperidine rings is 1. The van der Waals surface area contributed by atoms with E-state index in [2.05, 4.69) is 57.6 Å². The summed E-state index contributed by atoms with van der Waals surface area (Å²) in [4.78, 5) is 6.71. The van der Waals surface area contributed by atoms with E-state index >= 15 is 0 Å². The maximum atomic E-state index is 5.06. The average molecular weight is 326 g/mol. The van der Waals surface area contributed by atoms with Crippen LogP contribution in [0.3, 0.4) is 0 Å². The summed E-state index contributed by atoms with van der Waals surface area (Å²) in [6.45, 7) is 7.85. The summed E-state index contributed by atoms with van der Waals surface area (Å²) < 4.78 is 5.06. The van der Waals surface area contributed by atoms with Gasteiger partial charge in [-0.25, -0.2) is 0 Å². The van der Waals surface area contributed by atoms with Crippen molar-refractivity contribution in [3.63, 3.8) is 0 Å². The van der Waals surface area contributed by atoms with E-state index in [-0.39, 0.29) is 0 Å². The first-order valence-electron chi connectivity index (χ1n) is 8.66. The standard InChI is InChI=1S/C19H26N4O/c1-15(11-17-7-4-3-5-8-17)12-20-18-9-6-10-23(13-18)14-19-21-16(2)24-22-19/h3-5,7-8,11,18,20H,6,9-10,12-14H2,1-2H3/b15-11+/t18-/m0/s1. The van der Waals surface area contributed by atoms with E-state index in [0.717, 1.165) is 32.0 Å². The quantitative estimate of drug-likeness (QED) is 0.884. The van der Waals surface area contributed by atoms with Gasteiger partial charge < -0.3 is 9.84 Å². The molecule has 1 saturated heterocycles. The third-order valence-corrected chi connectivity index (χ3v) is 4.32. The molecule has 0 bridgehead atoms. The number of hydrogen-bond donors (Lipinski definition) is 1. The molecule has 1 aliphatic rings. The van der Waals surface area contributed by atoms with E-state index < -0.39 is 0 Å². The number of hydrogen-bond acceptors (Lipinski definition) is 5. The maximum Gasteiger partial charge on any atom is 0.223 e. The first kappa shape index (κ1) is 16.9. The van der Waals surface area contributed by atoms with Gasteiger partial charge in [-0.1, -0.05) is 47.1 Å². The topological polar surface area (TPSA) is 54.2 Å². The van der Waals surface area contributed by atoms with Crippen molar-refractivity contribution >= 4 is 6.08 Å². The monoisotopic (exact) mass is 326 g/mol. The Balaban J connectivity index is 1.47. The number of nitrogens with one attached hydrogen (secondary N) is 1. The average Bonchev–Trinajstić information content (AvgIpc) is 2.99. The van der Waals surface area contributed by atoms with Crippen LogP contribution in [0.4, 0.5) is 0 Å². The predicted molar refractivity (Wildman–Crippen MR) is 95.4 cm³/mol. The molecule has 1 aliphatic heterocycles. The smallest absolute Gasteiger partial charge is 0.223 e. The van der Waals surface area contributed by atoms with Gasteiger partial charge in [-0.2, -0.15) is 4.98 Å². The number of likely N-dealkylation sites (tertiary alicyclic amines) is 1. The zero-order valence-corrected chi connectivity index (χ0v) is 14.5. The lowest BCUT2D eigenvalue weighted by Crippen LogP contribution is -2.45. The van der Waals surface area contributed by atoms with E-state index in [1.165, 1.54) is 24.0 Å². The minimum Gasteiger partial charge on any atom is -0.340 e. The third-order valence-electron chi connectivity index (χ3n) is 4.32. The van der Waals surface area contributed by atoms with Gasteiger partial charge in [0.1, 0.15) is 0 Å². The first-order chi connectivity index (χ1) is 11.7. The molecule has 0 radical (unpaired) electrons. The highest BCUT2D eigenvalue weighted by atomic mass is 16.5. The Morgan fingerprint density at radius 1 is 1.38 bits per heavy atom. The maximum absolute atomic E-state index is 5.06. The van der Waals surface area contributed by atoms with Crippen LogP contribution in [0.5, 0.6) is 0 Å². The molecule has 0 amide bonds. The van der Waals surface area contributed by atoms with E-state index in [1.54, 1.807) is 0 Å². The molecule has 3 rings (SSSR count). The second-order valence-electron chi connectivity index (χ2n) is 6.59. The second kappa shape index (κ2) is 8.22. The zero-order chi connectivity index (χ0) is 16.8. The van der Waals surface area contributed by atoms with Crippen LogP contribution >= 0.6 is 0 Å². The van der Waals surface area contributed by atoms with E-state index in [4.69, 9.17) is 4.52 Å². The summed E-state index contributed by atoms with van der Waals surface area (Å²) >= 11 is 0. The Bertz CT molecular complexity index is 665. The van der Waals surface area contributed by atoms with Crippen LogP contribution in [-0.2, 0) is 6.54 Å². The molecule has 2 aromatic rings. The van der Waals surface area contributed by atoms with Crippen molar-refractivity contribution in [1.29, 1.82) is 0 Å². The number of nitrogens with zero attached hydrogens (tertiary/aromatic N) is 3. The van der Waals surface area contributed by atoms with Gasteiger partial charge in [-0.3, -0.25) is 4.90 Å². The Hall–Kier alpha value is -1.98. The van der Waals surface area contributed by atoms with Crippen LogP contribution < -0.4 is 5.32 Å². The van der Waals surface area contributed by atoms with Gasteiger partial charge in [0, 0.05) is 26.1 Å². The van der Waals surface area contributed by atoms with Crippen LogP contribution in [0.2, 0.25) is 0 Å². The van der Waals surface area contributed by atoms with Gasteiger partial charge in [-0.05, 0) is 31.9 Å². The molecule has 1 aromatic heterocycles. The summed E-state index contributed by atoms with van der Waals surface area (Å²) in [6.07, 6.45) is 4.67. The van der Waals surface area contributed by atoms with Gasteiger partial charge in [0.15, 0.2) is 5.82 Å². The molecular weight excluding hydrogens is 300 g/mol. The molecule has 5 nitrogen and oxygen atoms in total. The molecule has 0 aliphatic carbocycles. The molecule has 0 spiro atoms. The lowest BCUT2D eigenvalue weighted by Gasteiger charge is -2.32. The Kier molecular flexibility index (Phi) is 5.77. The fraction of sp³-hybridized carbons (Fsp3) is 0.474. The zero-order valence-electron chi connectivity index (χ0n) is 14.5. The molecule has 24 heavy (non-hydrogen) atoms. The van der Waals surface area contributed by atoms with Crippen LogP contribution in [0.15, 0.2) is 40.4 Å². The SMILES string of the molecule is C/C(=C\c1ccccc1)CN[C@H]1CCCN(Cc2noc(C)n2)C1. The van der Waals surface area contributed by atoms with Crippen LogP contribution in [0, 0.1) is 6.92 Å². The molecule has 0 saturated carbocycles. The van der Waals surface area contributed by atoms with Crippen molar-refractivity contribution in [3.8, 4) is 0 Å². The lowest BCUT2D eigenvalue weighted by atomic mass is 10.0. The molecule has 1 N–H and O–H groups in total. The summed E-state index contributed by atoms with van der Waals surface area (Å²) in [6, 6.07) is 11.0. The molecule has 5 heteroatoms. The second-order valence-corrected chi connectivity index (χ2v) is 6.59. The van der Waals surface area contributed by atoms with Crippen LogP contribution in [0.25, 0.3) is 6.08 Å². The van der Waals surface area contributed by atoms with Gasteiger partial charge >= 0.3 is 0 Å². The fourth-order valence-electron chi connectivity index (χ4n) is 3.16. The fourth-order valence-corrected chi connectivity index (χ4v) is 3.16. The summed E-state index contributed by atoms with van der Waals surface area (Å²) in [7, 11) is 0. The van der Waals surface area contributed by atoms with E-state index in [1.807, 2.05) is 13.0 Å². The van der Waals surface area contributed by atoms with Gasteiger partial charge in [0.05, 0.1) is 6.54 Å². The molecule has 1 fully saturated rings. The number of aryl methyl sites for hydroxylation is 1. The Labute approximate surface area is 143 Å². The Morgan fingerprint density at radius 2 is 2.21 bits per heavy atom. The molecule has 2 heterocycles. The highest BCUT2D eigenvalue weighted by Gasteiger charge is 2.20. The molecule has 1 atom stereocenters. The van der Waals surface area contributed by atoms with Crippen molar-refractivity contribution in [2.45, 2.75) is 39.3 Å². The number of benzene rings is 1. The van der Waals surface area contributed by atoms with Crippen molar-refractivity contribution in [3.05, 3.63) is 53.2 Å². The number of aromatic nitrogens is 2. The highest BCUT2D eigenvalue weighted by molar-refractivity contribution is 5.52. The predicted octanol–water partition coefficient (Wildman–Crippen LogP) is 3.04. The summed E-state index contributed by atoms with van der Waals surface area (Å²) in [5.41, 5.74) is 2.61. The minimum absolute atomic E-state index is 0.519. The largest absolute Gasteiger partial charge is 0.340 e. The molecule has 128 valence electrons. The van der Waals surface area contributed by atoms with E-state index in [9.17, 15) is 0 Å². The molecule has 0 unspecified atom stereocenters. The summed E-state index contributed by atoms with van der Waals surface area (Å²) in [5.74, 6) is 1.42. The third kappa shape index (κ3) is 5.01. The van der Waals surface area contributed by atoms with Gasteiger partial charge in [-0.15, -0.1) is 0 Å². The van der Waals surface area contributed by atoms with Crippen molar-refractivity contribution in [2.24, 2.45) is 0 Å². The van der Waals surface area contributed by atoms with Crippen LogP contribution in [-0.4, -0.2) is 40.7 Å². The van der Waals surface area contributed by atoms with Gasteiger partial charge in [0.25, 0.3) is 0 Å². The van der Waals surface area contributed by atoms with Crippen LogP contribution in [0.1, 0.15) is 37.0 Å². The van der Waals surface area contributed by atoms with Crippen molar-refractivity contribution < 1.29 is 4.52 Å². The Morgan fingerprint density at radius 3 is 2.96 bits per heavy atom. The highest BCUT2D eigenvalue weighted by Crippen LogP contribution is 2.13. The minimum atomic E-state index is 0.519. The van der Waals surface area contributed by atoms with E-state index in [0.29, 0.717) is 11.9 Å². The van der Waals surface area contributed by atoms with Crippen molar-refractivity contribution in [2.75, 3.05) is 19.6 Å². The molecular formula is C19H26N4O.